The van der Waals surface area contributed by atoms with Crippen LogP contribution in [0.3, 0.4) is 0 Å². The maximum Gasteiger partial charge on any atom is 0.274 e. The molecule has 2 aromatic heterocycles. The molecule has 0 spiro atoms. The first kappa shape index (κ1) is 13.6. The number of ether oxygens (including phenoxy) is 1. The Balaban J connectivity index is 1.72. The summed E-state index contributed by atoms with van der Waals surface area (Å²) in [6.07, 6.45) is 3.68. The molecule has 0 aliphatic rings. The van der Waals surface area contributed by atoms with Gasteiger partial charge in [-0.1, -0.05) is 30.3 Å². The lowest BCUT2D eigenvalue weighted by Gasteiger charge is -2.06. The van der Waals surface area contributed by atoms with E-state index >= 15 is 0 Å². The van der Waals surface area contributed by atoms with Crippen LogP contribution in [0.5, 0.6) is 5.75 Å². The highest BCUT2D eigenvalue weighted by Crippen LogP contribution is 2.24. The van der Waals surface area contributed by atoms with Crippen molar-refractivity contribution < 1.29 is 4.74 Å². The third-order valence-electron chi connectivity index (χ3n) is 4.04. The lowest BCUT2D eigenvalue weighted by molar-refractivity contribution is 0.306. The molecule has 0 saturated carbocycles. The molecule has 114 valence electrons. The predicted octanol–water partition coefficient (Wildman–Crippen LogP) is 3.37. The lowest BCUT2D eigenvalue weighted by atomic mass is 10.2. The van der Waals surface area contributed by atoms with Gasteiger partial charge < -0.3 is 13.7 Å². The summed E-state index contributed by atoms with van der Waals surface area (Å²) < 4.78 is 9.36. The molecule has 0 N–H and O–H groups in total. The van der Waals surface area contributed by atoms with Gasteiger partial charge in [-0.3, -0.25) is 4.79 Å². The van der Waals surface area contributed by atoms with E-state index in [-0.39, 0.29) is 5.56 Å². The molecule has 0 radical (unpaired) electrons. The fourth-order valence-electron chi connectivity index (χ4n) is 2.79. The van der Waals surface area contributed by atoms with Crippen LogP contribution in [0.2, 0.25) is 0 Å². The maximum atomic E-state index is 12.2. The van der Waals surface area contributed by atoms with Crippen molar-refractivity contribution in [3.8, 4) is 5.75 Å². The van der Waals surface area contributed by atoms with E-state index in [1.165, 1.54) is 0 Å². The summed E-state index contributed by atoms with van der Waals surface area (Å²) in [5, 5.41) is 0.999. The van der Waals surface area contributed by atoms with Gasteiger partial charge in [0.2, 0.25) is 0 Å². The van der Waals surface area contributed by atoms with Crippen molar-refractivity contribution in [3.05, 3.63) is 82.9 Å². The number of nitrogens with zero attached hydrogens (tertiary/aromatic N) is 2. The zero-order chi connectivity index (χ0) is 15.8. The molecule has 0 aliphatic heterocycles. The molecule has 4 heteroatoms. The van der Waals surface area contributed by atoms with Gasteiger partial charge in [0, 0.05) is 24.8 Å². The van der Waals surface area contributed by atoms with Crippen LogP contribution >= 0.6 is 0 Å². The van der Waals surface area contributed by atoms with Crippen LogP contribution in [0.15, 0.2) is 71.8 Å². The summed E-state index contributed by atoms with van der Waals surface area (Å²) in [5.74, 6) is 0.800. The number of fused-ring (bicyclic) bond motifs is 3. The summed E-state index contributed by atoms with van der Waals surface area (Å²) in [6, 6.07) is 17.9. The number of rotatable bonds is 3. The highest BCUT2D eigenvalue weighted by Gasteiger charge is 2.07. The van der Waals surface area contributed by atoms with E-state index in [2.05, 4.69) is 0 Å². The lowest BCUT2D eigenvalue weighted by Crippen LogP contribution is -2.17. The smallest absolute Gasteiger partial charge is 0.274 e. The van der Waals surface area contributed by atoms with E-state index in [1.54, 1.807) is 17.8 Å². The molecule has 4 nitrogen and oxygen atoms in total. The molecule has 0 fully saturated rings. The Morgan fingerprint density at radius 3 is 2.61 bits per heavy atom. The largest absolute Gasteiger partial charge is 0.489 e. The van der Waals surface area contributed by atoms with E-state index in [0.29, 0.717) is 12.1 Å². The molecular formula is C19H16N2O2. The average Bonchev–Trinajstić information content (AvgIpc) is 2.96. The summed E-state index contributed by atoms with van der Waals surface area (Å²) in [7, 11) is 1.76. The Labute approximate surface area is 133 Å². The van der Waals surface area contributed by atoms with Crippen molar-refractivity contribution in [2.45, 2.75) is 6.61 Å². The van der Waals surface area contributed by atoms with Gasteiger partial charge in [-0.2, -0.15) is 0 Å². The number of hydrogen-bond acceptors (Lipinski definition) is 2. The standard InChI is InChI=1S/C19H16N2O2/c1-20-9-10-21-17-8-7-16(11-15(17)12-18(21)19(20)22)23-13-14-5-3-2-4-6-14/h2-12H,13H2,1H3. The van der Waals surface area contributed by atoms with Gasteiger partial charge in [0.05, 0.1) is 5.52 Å². The monoisotopic (exact) mass is 304 g/mol. The molecule has 23 heavy (non-hydrogen) atoms. The van der Waals surface area contributed by atoms with Gasteiger partial charge in [0.15, 0.2) is 0 Å². The molecule has 4 rings (SSSR count). The fraction of sp³-hybridized carbons (Fsp3) is 0.105. The molecule has 2 aromatic carbocycles. The summed E-state index contributed by atoms with van der Waals surface area (Å²) in [4.78, 5) is 12.2. The number of hydrogen-bond donors (Lipinski definition) is 0. The first-order chi connectivity index (χ1) is 11.2. The Morgan fingerprint density at radius 2 is 1.78 bits per heavy atom. The van der Waals surface area contributed by atoms with Crippen LogP contribution < -0.4 is 10.3 Å². The van der Waals surface area contributed by atoms with E-state index in [4.69, 9.17) is 4.74 Å². The molecule has 0 atom stereocenters. The van der Waals surface area contributed by atoms with Crippen LogP contribution in [-0.4, -0.2) is 8.97 Å². The van der Waals surface area contributed by atoms with Crippen LogP contribution in [0.4, 0.5) is 0 Å². The Bertz CT molecular complexity index is 1050. The SMILES string of the molecule is Cn1ccn2c(cc3cc(OCc4ccccc4)ccc32)c1=O. The zero-order valence-electron chi connectivity index (χ0n) is 12.8. The van der Waals surface area contributed by atoms with Crippen molar-refractivity contribution >= 4 is 16.4 Å². The highest BCUT2D eigenvalue weighted by molar-refractivity contribution is 5.88. The molecule has 0 aliphatic carbocycles. The molecule has 2 heterocycles. The van der Waals surface area contributed by atoms with Crippen LogP contribution in [-0.2, 0) is 13.7 Å². The predicted molar refractivity (Wildman–Crippen MR) is 90.9 cm³/mol. The van der Waals surface area contributed by atoms with Crippen molar-refractivity contribution in [2.24, 2.45) is 7.05 Å². The normalized spacial score (nSPS) is 11.2. The second-order valence-corrected chi connectivity index (χ2v) is 5.61. The quantitative estimate of drug-likeness (QED) is 0.582. The van der Waals surface area contributed by atoms with Crippen molar-refractivity contribution in [1.82, 2.24) is 8.97 Å². The maximum absolute atomic E-state index is 12.2. The molecule has 0 unspecified atom stereocenters. The van der Waals surface area contributed by atoms with Gasteiger partial charge in [0.25, 0.3) is 5.56 Å². The van der Waals surface area contributed by atoms with Gasteiger partial charge >= 0.3 is 0 Å². The topological polar surface area (TPSA) is 35.6 Å². The Hall–Kier alpha value is -3.01. The van der Waals surface area contributed by atoms with Gasteiger partial charge in [0.1, 0.15) is 17.9 Å². The number of aromatic nitrogens is 2. The Morgan fingerprint density at radius 1 is 0.957 bits per heavy atom. The second kappa shape index (κ2) is 5.32. The third kappa shape index (κ3) is 2.38. The summed E-state index contributed by atoms with van der Waals surface area (Å²) >= 11 is 0. The highest BCUT2D eigenvalue weighted by atomic mass is 16.5. The minimum absolute atomic E-state index is 0.00421. The van der Waals surface area contributed by atoms with Crippen LogP contribution in [0.25, 0.3) is 16.4 Å². The van der Waals surface area contributed by atoms with Crippen molar-refractivity contribution in [3.63, 3.8) is 0 Å². The first-order valence-electron chi connectivity index (χ1n) is 7.49. The van der Waals surface area contributed by atoms with Crippen LogP contribution in [0.1, 0.15) is 5.56 Å². The van der Waals surface area contributed by atoms with Crippen LogP contribution in [0, 0.1) is 0 Å². The minimum Gasteiger partial charge on any atom is -0.489 e. The van der Waals surface area contributed by atoms with Gasteiger partial charge in [-0.25, -0.2) is 0 Å². The van der Waals surface area contributed by atoms with E-state index in [9.17, 15) is 4.79 Å². The molecular weight excluding hydrogens is 288 g/mol. The summed E-state index contributed by atoms with van der Waals surface area (Å²) in [6.45, 7) is 0.529. The molecule has 4 aromatic rings. The van der Waals surface area contributed by atoms with Gasteiger partial charge in [-0.05, 0) is 29.8 Å². The fourth-order valence-corrected chi connectivity index (χ4v) is 2.79. The molecule has 0 amide bonds. The zero-order valence-corrected chi connectivity index (χ0v) is 12.8. The number of benzene rings is 2. The summed E-state index contributed by atoms with van der Waals surface area (Å²) in [5.41, 5.74) is 2.80. The van der Waals surface area contributed by atoms with E-state index < -0.39 is 0 Å². The van der Waals surface area contributed by atoms with E-state index in [1.807, 2.05) is 65.2 Å². The average molecular weight is 304 g/mol. The minimum atomic E-state index is -0.00421. The Kier molecular flexibility index (Phi) is 3.15. The first-order valence-corrected chi connectivity index (χ1v) is 7.49. The van der Waals surface area contributed by atoms with Crippen molar-refractivity contribution in [1.29, 1.82) is 0 Å². The molecule has 0 bridgehead atoms. The third-order valence-corrected chi connectivity index (χ3v) is 4.04. The van der Waals surface area contributed by atoms with Crippen molar-refractivity contribution in [2.75, 3.05) is 0 Å². The van der Waals surface area contributed by atoms with E-state index in [0.717, 1.165) is 22.2 Å². The van der Waals surface area contributed by atoms with Gasteiger partial charge in [-0.15, -0.1) is 0 Å². The second-order valence-electron chi connectivity index (χ2n) is 5.61. The molecule has 0 saturated heterocycles. The number of aryl methyl sites for hydroxylation is 1.